The zero-order valence-corrected chi connectivity index (χ0v) is 8.13. The third-order valence-electron chi connectivity index (χ3n) is 1.15. The Morgan fingerprint density at radius 3 is 2.31 bits per heavy atom. The zero-order chi connectivity index (χ0) is 10.5. The Labute approximate surface area is 77.6 Å². The van der Waals surface area contributed by atoms with E-state index in [4.69, 9.17) is 5.11 Å². The van der Waals surface area contributed by atoms with Crippen LogP contribution in [-0.2, 0) is 9.59 Å². The van der Waals surface area contributed by atoms with Gasteiger partial charge in [-0.05, 0) is 11.5 Å². The number of aliphatic carboxylic acids is 1. The van der Waals surface area contributed by atoms with Crippen LogP contribution in [0.2, 0.25) is 0 Å². The number of hydrogen-bond donors (Lipinski definition) is 2. The van der Waals surface area contributed by atoms with Gasteiger partial charge in [-0.1, -0.05) is 26.8 Å². The lowest BCUT2D eigenvalue weighted by molar-refractivity contribution is -0.137. The molecule has 0 saturated heterocycles. The molecule has 0 atom stereocenters. The first-order valence-electron chi connectivity index (χ1n) is 4.00. The lowest BCUT2D eigenvalue weighted by Crippen LogP contribution is -2.27. The molecule has 2 N–H and O–H groups in total. The summed E-state index contributed by atoms with van der Waals surface area (Å²) in [5.74, 6) is -1.42. The number of carbonyl (C=O) groups excluding carboxylic acids is 1. The van der Waals surface area contributed by atoms with Gasteiger partial charge in [0.25, 0.3) is 0 Å². The van der Waals surface area contributed by atoms with Crippen LogP contribution in [0.15, 0.2) is 12.2 Å². The predicted octanol–water partition coefficient (Wildman–Crippen LogP) is 0.790. The number of amides is 1. The topological polar surface area (TPSA) is 66.4 Å². The van der Waals surface area contributed by atoms with Gasteiger partial charge in [-0.15, -0.1) is 0 Å². The molecule has 0 radical (unpaired) electrons. The normalized spacial score (nSPS) is 11.6. The minimum atomic E-state index is -1.04. The van der Waals surface area contributed by atoms with Gasteiger partial charge in [0, 0.05) is 0 Å². The van der Waals surface area contributed by atoms with Gasteiger partial charge in [-0.25, -0.2) is 0 Å². The molecule has 1 amide bonds. The van der Waals surface area contributed by atoms with E-state index < -0.39 is 5.97 Å². The van der Waals surface area contributed by atoms with Crippen molar-refractivity contribution in [3.8, 4) is 0 Å². The summed E-state index contributed by atoms with van der Waals surface area (Å²) in [7, 11) is 0. The number of hydrogen-bond acceptors (Lipinski definition) is 2. The minimum absolute atomic E-state index is 0.0689. The van der Waals surface area contributed by atoms with Crippen LogP contribution in [0.1, 0.15) is 20.8 Å². The quantitative estimate of drug-likeness (QED) is 0.639. The molecule has 0 aliphatic rings. The largest absolute Gasteiger partial charge is 0.480 e. The standard InChI is InChI=1S/C9H15NO3/c1-9(2,3)5-4-7(11)10-6-8(12)13/h4-5H,6H2,1-3H3,(H,10,11)(H,12,13)/b5-4+. The second-order valence-electron chi connectivity index (χ2n) is 3.81. The fraction of sp³-hybridized carbons (Fsp3) is 0.556. The van der Waals surface area contributed by atoms with E-state index in [9.17, 15) is 9.59 Å². The highest BCUT2D eigenvalue weighted by atomic mass is 16.4. The fourth-order valence-electron chi connectivity index (χ4n) is 0.547. The highest BCUT2D eigenvalue weighted by Gasteiger charge is 2.05. The third-order valence-corrected chi connectivity index (χ3v) is 1.15. The van der Waals surface area contributed by atoms with E-state index in [1.807, 2.05) is 20.8 Å². The van der Waals surface area contributed by atoms with Gasteiger partial charge in [0.2, 0.25) is 5.91 Å². The Balaban J connectivity index is 3.88. The maximum atomic E-state index is 10.9. The first kappa shape index (κ1) is 11.7. The van der Waals surface area contributed by atoms with E-state index in [2.05, 4.69) is 5.32 Å². The Hall–Kier alpha value is -1.32. The van der Waals surface area contributed by atoms with E-state index in [1.54, 1.807) is 6.08 Å². The number of carboxylic acids is 1. The van der Waals surface area contributed by atoms with Crippen LogP contribution in [0.25, 0.3) is 0 Å². The van der Waals surface area contributed by atoms with Crippen LogP contribution in [0, 0.1) is 5.41 Å². The summed E-state index contributed by atoms with van der Waals surface area (Å²) in [5, 5.41) is 10.5. The maximum absolute atomic E-state index is 10.9. The summed E-state index contributed by atoms with van der Waals surface area (Å²) >= 11 is 0. The minimum Gasteiger partial charge on any atom is -0.480 e. The summed E-state index contributed by atoms with van der Waals surface area (Å²) in [6, 6.07) is 0. The van der Waals surface area contributed by atoms with Crippen molar-refractivity contribution in [1.82, 2.24) is 5.32 Å². The monoisotopic (exact) mass is 185 g/mol. The first-order chi connectivity index (χ1) is 5.81. The number of carboxylic acid groups (broad SMARTS) is 1. The van der Waals surface area contributed by atoms with Crippen molar-refractivity contribution < 1.29 is 14.7 Å². The second-order valence-corrected chi connectivity index (χ2v) is 3.81. The van der Waals surface area contributed by atoms with Gasteiger partial charge in [0.15, 0.2) is 0 Å². The van der Waals surface area contributed by atoms with Crippen molar-refractivity contribution in [1.29, 1.82) is 0 Å². The Morgan fingerprint density at radius 2 is 1.92 bits per heavy atom. The molecule has 0 aliphatic heterocycles. The van der Waals surface area contributed by atoms with Crippen LogP contribution >= 0.6 is 0 Å². The molecule has 74 valence electrons. The highest BCUT2D eigenvalue weighted by Crippen LogP contribution is 2.13. The maximum Gasteiger partial charge on any atom is 0.322 e. The summed E-state index contributed by atoms with van der Waals surface area (Å²) in [6.07, 6.45) is 3.08. The molecule has 13 heavy (non-hydrogen) atoms. The summed E-state index contributed by atoms with van der Waals surface area (Å²) in [6.45, 7) is 5.52. The van der Waals surface area contributed by atoms with E-state index in [0.29, 0.717) is 0 Å². The van der Waals surface area contributed by atoms with Crippen molar-refractivity contribution in [3.63, 3.8) is 0 Å². The molecule has 0 saturated carbocycles. The average molecular weight is 185 g/mol. The molecular weight excluding hydrogens is 170 g/mol. The smallest absolute Gasteiger partial charge is 0.322 e. The summed E-state index contributed by atoms with van der Waals surface area (Å²) < 4.78 is 0. The number of carbonyl (C=O) groups is 2. The Kier molecular flexibility index (Phi) is 4.17. The molecule has 0 aromatic rings. The van der Waals surface area contributed by atoms with Gasteiger partial charge >= 0.3 is 5.97 Å². The first-order valence-corrected chi connectivity index (χ1v) is 4.00. The lowest BCUT2D eigenvalue weighted by atomic mass is 9.96. The SMILES string of the molecule is CC(C)(C)/C=C/C(=O)NCC(=O)O. The van der Waals surface area contributed by atoms with Crippen molar-refractivity contribution in [2.45, 2.75) is 20.8 Å². The molecule has 4 nitrogen and oxygen atoms in total. The van der Waals surface area contributed by atoms with Gasteiger partial charge in [0.1, 0.15) is 6.54 Å². The van der Waals surface area contributed by atoms with Crippen molar-refractivity contribution >= 4 is 11.9 Å². The van der Waals surface area contributed by atoms with Gasteiger partial charge in [-0.3, -0.25) is 9.59 Å². The number of rotatable bonds is 3. The number of allylic oxidation sites excluding steroid dienone is 1. The molecule has 0 fully saturated rings. The van der Waals surface area contributed by atoms with Crippen LogP contribution in [0.4, 0.5) is 0 Å². The molecule has 0 heterocycles. The molecule has 4 heteroatoms. The molecular formula is C9H15NO3. The van der Waals surface area contributed by atoms with Crippen LogP contribution in [0.3, 0.4) is 0 Å². The number of nitrogens with one attached hydrogen (secondary N) is 1. The summed E-state index contributed by atoms with van der Waals surface area (Å²) in [5.41, 5.74) is -0.0689. The van der Waals surface area contributed by atoms with Gasteiger partial charge in [-0.2, -0.15) is 0 Å². The Morgan fingerprint density at radius 1 is 1.38 bits per heavy atom. The molecule has 0 aliphatic carbocycles. The Bertz CT molecular complexity index is 226. The third kappa shape index (κ3) is 8.59. The van der Waals surface area contributed by atoms with Gasteiger partial charge < -0.3 is 10.4 Å². The summed E-state index contributed by atoms with van der Waals surface area (Å²) in [4.78, 5) is 21.0. The second kappa shape index (κ2) is 4.64. The molecule has 0 bridgehead atoms. The van der Waals surface area contributed by atoms with E-state index >= 15 is 0 Å². The molecule has 0 unspecified atom stereocenters. The molecule has 0 aromatic heterocycles. The van der Waals surface area contributed by atoms with Crippen molar-refractivity contribution in [3.05, 3.63) is 12.2 Å². The van der Waals surface area contributed by atoms with Crippen LogP contribution < -0.4 is 5.32 Å². The molecule has 0 aromatic carbocycles. The van der Waals surface area contributed by atoms with E-state index in [-0.39, 0.29) is 17.9 Å². The van der Waals surface area contributed by atoms with Crippen LogP contribution in [0.5, 0.6) is 0 Å². The van der Waals surface area contributed by atoms with E-state index in [0.717, 1.165) is 0 Å². The van der Waals surface area contributed by atoms with Crippen molar-refractivity contribution in [2.24, 2.45) is 5.41 Å². The zero-order valence-electron chi connectivity index (χ0n) is 8.13. The van der Waals surface area contributed by atoms with Crippen LogP contribution in [-0.4, -0.2) is 23.5 Å². The average Bonchev–Trinajstić information content (AvgIpc) is 1.95. The highest BCUT2D eigenvalue weighted by molar-refractivity contribution is 5.89. The molecule has 0 rings (SSSR count). The van der Waals surface area contributed by atoms with Crippen molar-refractivity contribution in [2.75, 3.05) is 6.54 Å². The van der Waals surface area contributed by atoms with Gasteiger partial charge in [0.05, 0.1) is 0 Å². The molecule has 0 spiro atoms. The van der Waals surface area contributed by atoms with E-state index in [1.165, 1.54) is 6.08 Å². The fourth-order valence-corrected chi connectivity index (χ4v) is 0.547. The predicted molar refractivity (Wildman–Crippen MR) is 49.2 cm³/mol. The lowest BCUT2D eigenvalue weighted by Gasteiger charge is -2.10.